The quantitative estimate of drug-likeness (QED) is 0.796. The Morgan fingerprint density at radius 2 is 2.00 bits per heavy atom. The van der Waals surface area contributed by atoms with Gasteiger partial charge in [-0.25, -0.2) is 0 Å². The van der Waals surface area contributed by atoms with Crippen molar-refractivity contribution < 1.29 is 0 Å². The number of piperazine rings is 1. The highest BCUT2D eigenvalue weighted by Gasteiger charge is 2.12. The second-order valence-electron chi connectivity index (χ2n) is 6.07. The van der Waals surface area contributed by atoms with Crippen LogP contribution in [0, 0.1) is 0 Å². The van der Waals surface area contributed by atoms with Gasteiger partial charge in [0.05, 0.1) is 0 Å². The van der Waals surface area contributed by atoms with Crippen molar-refractivity contribution in [1.82, 2.24) is 20.1 Å². The predicted molar refractivity (Wildman–Crippen MR) is 88.6 cm³/mol. The number of nitrogens with one attached hydrogen (secondary N) is 2. The summed E-state index contributed by atoms with van der Waals surface area (Å²) in [7, 11) is 2.21. The fourth-order valence-corrected chi connectivity index (χ4v) is 2.94. The SMILES string of the molecule is CN1CCN(CCCNCc2ccc3[nH]ccc3c2)CC1. The van der Waals surface area contributed by atoms with Gasteiger partial charge in [-0.15, -0.1) is 0 Å². The Balaban J connectivity index is 1.34. The lowest BCUT2D eigenvalue weighted by atomic mass is 10.1. The summed E-state index contributed by atoms with van der Waals surface area (Å²) in [5, 5.41) is 4.86. The van der Waals surface area contributed by atoms with E-state index in [9.17, 15) is 0 Å². The van der Waals surface area contributed by atoms with Crippen molar-refractivity contribution in [2.24, 2.45) is 0 Å². The topological polar surface area (TPSA) is 34.3 Å². The number of benzene rings is 1. The molecule has 114 valence electrons. The molecule has 1 aromatic heterocycles. The lowest BCUT2D eigenvalue weighted by Gasteiger charge is -2.32. The first kappa shape index (κ1) is 14.6. The Morgan fingerprint density at radius 1 is 1.14 bits per heavy atom. The third-order valence-corrected chi connectivity index (χ3v) is 4.37. The zero-order valence-corrected chi connectivity index (χ0v) is 12.9. The third-order valence-electron chi connectivity index (χ3n) is 4.37. The fraction of sp³-hybridized carbons (Fsp3) is 0.529. The molecule has 0 amide bonds. The summed E-state index contributed by atoms with van der Waals surface area (Å²) in [6, 6.07) is 8.76. The van der Waals surface area contributed by atoms with Crippen molar-refractivity contribution in [3.63, 3.8) is 0 Å². The van der Waals surface area contributed by atoms with Gasteiger partial charge in [0.1, 0.15) is 0 Å². The zero-order chi connectivity index (χ0) is 14.5. The monoisotopic (exact) mass is 286 g/mol. The average molecular weight is 286 g/mol. The van der Waals surface area contributed by atoms with Gasteiger partial charge in [-0.3, -0.25) is 0 Å². The molecule has 4 heteroatoms. The van der Waals surface area contributed by atoms with Crippen molar-refractivity contribution in [1.29, 1.82) is 0 Å². The van der Waals surface area contributed by atoms with Gasteiger partial charge < -0.3 is 20.1 Å². The molecular weight excluding hydrogens is 260 g/mol. The van der Waals surface area contributed by atoms with Crippen LogP contribution in [0.5, 0.6) is 0 Å². The minimum Gasteiger partial charge on any atom is -0.361 e. The van der Waals surface area contributed by atoms with Crippen LogP contribution in [0.3, 0.4) is 0 Å². The molecule has 0 aliphatic carbocycles. The Hall–Kier alpha value is -1.36. The lowest BCUT2D eigenvalue weighted by molar-refractivity contribution is 0.153. The first-order valence-corrected chi connectivity index (χ1v) is 7.99. The van der Waals surface area contributed by atoms with E-state index in [1.807, 2.05) is 6.20 Å². The van der Waals surface area contributed by atoms with Gasteiger partial charge in [0.15, 0.2) is 0 Å². The molecule has 1 aromatic carbocycles. The van der Waals surface area contributed by atoms with Gasteiger partial charge in [0.25, 0.3) is 0 Å². The van der Waals surface area contributed by atoms with Crippen LogP contribution in [0.2, 0.25) is 0 Å². The number of rotatable bonds is 6. The van der Waals surface area contributed by atoms with Gasteiger partial charge in [0, 0.05) is 44.4 Å². The van der Waals surface area contributed by atoms with Crippen molar-refractivity contribution in [2.45, 2.75) is 13.0 Å². The molecule has 1 aliphatic rings. The van der Waals surface area contributed by atoms with Gasteiger partial charge in [0.2, 0.25) is 0 Å². The highest BCUT2D eigenvalue weighted by molar-refractivity contribution is 5.79. The summed E-state index contributed by atoms with van der Waals surface area (Å²) in [4.78, 5) is 8.22. The van der Waals surface area contributed by atoms with Crippen LogP contribution in [0.1, 0.15) is 12.0 Å². The Morgan fingerprint density at radius 3 is 2.86 bits per heavy atom. The van der Waals surface area contributed by atoms with E-state index in [1.165, 1.54) is 55.6 Å². The molecule has 1 aliphatic heterocycles. The lowest BCUT2D eigenvalue weighted by Crippen LogP contribution is -2.45. The normalized spacial score (nSPS) is 17.6. The van der Waals surface area contributed by atoms with Crippen LogP contribution in [0.15, 0.2) is 30.5 Å². The van der Waals surface area contributed by atoms with E-state index in [0.29, 0.717) is 0 Å². The highest BCUT2D eigenvalue weighted by atomic mass is 15.2. The van der Waals surface area contributed by atoms with E-state index in [2.05, 4.69) is 51.4 Å². The molecule has 2 heterocycles. The summed E-state index contributed by atoms with van der Waals surface area (Å²) >= 11 is 0. The Kier molecular flexibility index (Phi) is 4.91. The van der Waals surface area contributed by atoms with Crippen LogP contribution in [-0.4, -0.2) is 61.1 Å². The van der Waals surface area contributed by atoms with Gasteiger partial charge in [-0.1, -0.05) is 6.07 Å². The number of aromatic amines is 1. The summed E-state index contributed by atoms with van der Waals surface area (Å²) in [6.07, 6.45) is 3.23. The van der Waals surface area contributed by atoms with E-state index >= 15 is 0 Å². The van der Waals surface area contributed by atoms with Crippen molar-refractivity contribution >= 4 is 10.9 Å². The molecule has 1 saturated heterocycles. The number of aromatic nitrogens is 1. The van der Waals surface area contributed by atoms with Gasteiger partial charge >= 0.3 is 0 Å². The van der Waals surface area contributed by atoms with Crippen molar-refractivity contribution in [3.05, 3.63) is 36.0 Å². The van der Waals surface area contributed by atoms with Gasteiger partial charge in [-0.05, 0) is 55.7 Å². The average Bonchev–Trinajstić information content (AvgIpc) is 2.96. The summed E-state index contributed by atoms with van der Waals surface area (Å²) in [5.74, 6) is 0. The molecule has 0 saturated carbocycles. The standard InChI is InChI=1S/C17H26N4/c1-20-9-11-21(12-10-20)8-2-6-18-14-15-3-4-17-16(13-15)5-7-19-17/h3-5,7,13,18-19H,2,6,8-12,14H2,1H3. The largest absolute Gasteiger partial charge is 0.361 e. The molecule has 0 spiro atoms. The number of fused-ring (bicyclic) bond motifs is 1. The molecular formula is C17H26N4. The molecule has 0 radical (unpaired) electrons. The fourth-order valence-electron chi connectivity index (χ4n) is 2.94. The van der Waals surface area contributed by atoms with E-state index in [0.717, 1.165) is 13.1 Å². The van der Waals surface area contributed by atoms with Crippen LogP contribution in [0.4, 0.5) is 0 Å². The minimum absolute atomic E-state index is 0.962. The minimum atomic E-state index is 0.962. The number of nitrogens with zero attached hydrogens (tertiary/aromatic N) is 2. The first-order valence-electron chi connectivity index (χ1n) is 7.99. The number of hydrogen-bond donors (Lipinski definition) is 2. The zero-order valence-electron chi connectivity index (χ0n) is 12.9. The van der Waals surface area contributed by atoms with E-state index < -0.39 is 0 Å². The molecule has 0 bridgehead atoms. The maximum atomic E-state index is 3.56. The first-order chi connectivity index (χ1) is 10.3. The molecule has 2 N–H and O–H groups in total. The van der Waals surface area contributed by atoms with Crippen molar-refractivity contribution in [2.75, 3.05) is 46.3 Å². The number of likely N-dealkylation sites (N-methyl/N-ethyl adjacent to an activating group) is 1. The number of H-pyrrole nitrogens is 1. The summed E-state index contributed by atoms with van der Waals surface area (Å²) < 4.78 is 0. The van der Waals surface area contributed by atoms with Crippen LogP contribution in [0.25, 0.3) is 10.9 Å². The molecule has 0 unspecified atom stereocenters. The van der Waals surface area contributed by atoms with Crippen molar-refractivity contribution in [3.8, 4) is 0 Å². The maximum absolute atomic E-state index is 3.56. The maximum Gasteiger partial charge on any atom is 0.0454 e. The second-order valence-corrected chi connectivity index (χ2v) is 6.07. The van der Waals surface area contributed by atoms with E-state index in [4.69, 9.17) is 0 Å². The summed E-state index contributed by atoms with van der Waals surface area (Å²) in [6.45, 7) is 8.15. The van der Waals surface area contributed by atoms with Crippen LogP contribution < -0.4 is 5.32 Å². The van der Waals surface area contributed by atoms with Gasteiger partial charge in [-0.2, -0.15) is 0 Å². The Bertz CT molecular complexity index is 555. The predicted octanol–water partition coefficient (Wildman–Crippen LogP) is 1.89. The highest BCUT2D eigenvalue weighted by Crippen LogP contribution is 2.14. The molecule has 3 rings (SSSR count). The molecule has 1 fully saturated rings. The van der Waals surface area contributed by atoms with Crippen LogP contribution >= 0.6 is 0 Å². The number of hydrogen-bond acceptors (Lipinski definition) is 3. The van der Waals surface area contributed by atoms with Crippen LogP contribution in [-0.2, 0) is 6.54 Å². The molecule has 4 nitrogen and oxygen atoms in total. The molecule has 21 heavy (non-hydrogen) atoms. The smallest absolute Gasteiger partial charge is 0.0454 e. The molecule has 2 aromatic rings. The summed E-state index contributed by atoms with van der Waals surface area (Å²) in [5.41, 5.74) is 2.58. The Labute approximate surface area is 127 Å². The van der Waals surface area contributed by atoms with E-state index in [1.54, 1.807) is 0 Å². The van der Waals surface area contributed by atoms with E-state index in [-0.39, 0.29) is 0 Å². The molecule has 0 atom stereocenters. The third kappa shape index (κ3) is 4.06. The second kappa shape index (κ2) is 7.07.